The molecule has 1 aromatic rings. The van der Waals surface area contributed by atoms with Gasteiger partial charge in [0.05, 0.1) is 5.54 Å². The number of nitrogens with one attached hydrogen (secondary N) is 1. The zero-order valence-corrected chi connectivity index (χ0v) is 13.9. The predicted octanol–water partition coefficient (Wildman–Crippen LogP) is 3.92. The molecule has 1 saturated heterocycles. The summed E-state index contributed by atoms with van der Waals surface area (Å²) in [7, 11) is 0. The zero-order chi connectivity index (χ0) is 14.9. The van der Waals surface area contributed by atoms with Gasteiger partial charge in [0.1, 0.15) is 0 Å². The van der Waals surface area contributed by atoms with Crippen LogP contribution in [0.15, 0.2) is 30.3 Å². The Morgan fingerprint density at radius 1 is 1.14 bits per heavy atom. The van der Waals surface area contributed by atoms with Crippen LogP contribution in [0.5, 0.6) is 0 Å². The standard InChI is InChI=1S/C19H30N2/c1-4-18(2)15-21(17-12-8-9-13-17)19(3,14-20-18)16-10-6-5-7-11-16/h5-7,10-11,17,20H,4,8-9,12-15H2,1-3H3. The van der Waals surface area contributed by atoms with Crippen molar-refractivity contribution in [3.63, 3.8) is 0 Å². The number of hydrogen-bond acceptors (Lipinski definition) is 2. The van der Waals surface area contributed by atoms with Crippen LogP contribution in [0.3, 0.4) is 0 Å². The highest BCUT2D eigenvalue weighted by atomic mass is 15.3. The van der Waals surface area contributed by atoms with Crippen molar-refractivity contribution in [2.75, 3.05) is 13.1 Å². The van der Waals surface area contributed by atoms with E-state index in [-0.39, 0.29) is 11.1 Å². The molecular weight excluding hydrogens is 256 g/mol. The molecule has 2 aliphatic rings. The topological polar surface area (TPSA) is 15.3 Å². The summed E-state index contributed by atoms with van der Waals surface area (Å²) < 4.78 is 0. The van der Waals surface area contributed by atoms with Gasteiger partial charge in [-0.1, -0.05) is 50.1 Å². The van der Waals surface area contributed by atoms with Crippen LogP contribution in [-0.4, -0.2) is 29.6 Å². The van der Waals surface area contributed by atoms with E-state index in [1.165, 1.54) is 44.2 Å². The van der Waals surface area contributed by atoms with Gasteiger partial charge < -0.3 is 5.32 Å². The molecule has 2 fully saturated rings. The zero-order valence-electron chi connectivity index (χ0n) is 13.9. The number of benzene rings is 1. The van der Waals surface area contributed by atoms with Crippen molar-refractivity contribution in [3.8, 4) is 0 Å². The van der Waals surface area contributed by atoms with Crippen LogP contribution in [0.1, 0.15) is 58.4 Å². The molecule has 1 aromatic carbocycles. The largest absolute Gasteiger partial charge is 0.308 e. The van der Waals surface area contributed by atoms with Gasteiger partial charge in [0.15, 0.2) is 0 Å². The first-order chi connectivity index (χ1) is 10.1. The first-order valence-electron chi connectivity index (χ1n) is 8.65. The third-order valence-corrected chi connectivity index (χ3v) is 5.95. The molecule has 2 heteroatoms. The van der Waals surface area contributed by atoms with Gasteiger partial charge in [-0.2, -0.15) is 0 Å². The molecule has 0 radical (unpaired) electrons. The van der Waals surface area contributed by atoms with E-state index in [9.17, 15) is 0 Å². The highest BCUT2D eigenvalue weighted by Gasteiger charge is 2.46. The van der Waals surface area contributed by atoms with Crippen LogP contribution in [0.2, 0.25) is 0 Å². The van der Waals surface area contributed by atoms with Crippen molar-refractivity contribution in [2.24, 2.45) is 0 Å². The summed E-state index contributed by atoms with van der Waals surface area (Å²) in [6.07, 6.45) is 6.76. The molecule has 2 atom stereocenters. The van der Waals surface area contributed by atoms with Gasteiger partial charge in [0, 0.05) is 24.7 Å². The maximum absolute atomic E-state index is 3.85. The third kappa shape index (κ3) is 2.76. The normalized spacial score (nSPS) is 35.2. The Hall–Kier alpha value is -0.860. The van der Waals surface area contributed by atoms with Crippen molar-refractivity contribution in [2.45, 2.75) is 70.0 Å². The Morgan fingerprint density at radius 3 is 2.43 bits per heavy atom. The Balaban J connectivity index is 1.94. The fourth-order valence-corrected chi connectivity index (χ4v) is 4.14. The summed E-state index contributed by atoms with van der Waals surface area (Å²) in [6.45, 7) is 9.35. The number of hydrogen-bond donors (Lipinski definition) is 1. The van der Waals surface area contributed by atoms with Gasteiger partial charge in [0.2, 0.25) is 0 Å². The fourth-order valence-electron chi connectivity index (χ4n) is 4.14. The molecule has 1 aliphatic heterocycles. The second-order valence-electron chi connectivity index (χ2n) is 7.47. The van der Waals surface area contributed by atoms with E-state index in [0.29, 0.717) is 0 Å². The van der Waals surface area contributed by atoms with Gasteiger partial charge >= 0.3 is 0 Å². The summed E-state index contributed by atoms with van der Waals surface area (Å²) in [5, 5.41) is 3.85. The molecule has 3 rings (SSSR count). The number of rotatable bonds is 3. The molecule has 1 N–H and O–H groups in total. The maximum atomic E-state index is 3.85. The van der Waals surface area contributed by atoms with Crippen LogP contribution >= 0.6 is 0 Å². The lowest BCUT2D eigenvalue weighted by molar-refractivity contribution is -0.0157. The molecule has 1 aliphatic carbocycles. The average Bonchev–Trinajstić information content (AvgIpc) is 3.05. The lowest BCUT2D eigenvalue weighted by atomic mass is 9.81. The number of nitrogens with zero attached hydrogens (tertiary/aromatic N) is 1. The Labute approximate surface area is 129 Å². The van der Waals surface area contributed by atoms with Crippen molar-refractivity contribution >= 4 is 0 Å². The number of piperazine rings is 1. The fraction of sp³-hybridized carbons (Fsp3) is 0.684. The quantitative estimate of drug-likeness (QED) is 0.906. The van der Waals surface area contributed by atoms with E-state index in [1.807, 2.05) is 0 Å². The summed E-state index contributed by atoms with van der Waals surface area (Å²) in [5.41, 5.74) is 1.85. The van der Waals surface area contributed by atoms with E-state index in [2.05, 4.69) is 61.3 Å². The van der Waals surface area contributed by atoms with E-state index < -0.39 is 0 Å². The van der Waals surface area contributed by atoms with Gasteiger partial charge in [-0.25, -0.2) is 0 Å². The minimum absolute atomic E-state index is 0.130. The van der Waals surface area contributed by atoms with Crippen molar-refractivity contribution < 1.29 is 0 Å². The molecule has 1 heterocycles. The first-order valence-corrected chi connectivity index (χ1v) is 8.65. The molecule has 0 spiro atoms. The van der Waals surface area contributed by atoms with Crippen LogP contribution in [-0.2, 0) is 5.54 Å². The van der Waals surface area contributed by atoms with E-state index in [4.69, 9.17) is 0 Å². The molecule has 116 valence electrons. The van der Waals surface area contributed by atoms with Crippen molar-refractivity contribution in [3.05, 3.63) is 35.9 Å². The Morgan fingerprint density at radius 2 is 1.81 bits per heavy atom. The second kappa shape index (κ2) is 5.73. The van der Waals surface area contributed by atoms with E-state index in [0.717, 1.165) is 12.6 Å². The molecule has 2 unspecified atom stereocenters. The summed E-state index contributed by atoms with van der Waals surface area (Å²) in [4.78, 5) is 2.83. The maximum Gasteiger partial charge on any atom is 0.0560 e. The van der Waals surface area contributed by atoms with Gasteiger partial charge in [-0.15, -0.1) is 0 Å². The molecule has 1 saturated carbocycles. The van der Waals surface area contributed by atoms with Crippen molar-refractivity contribution in [1.82, 2.24) is 10.2 Å². The minimum Gasteiger partial charge on any atom is -0.308 e. The van der Waals surface area contributed by atoms with Crippen LogP contribution in [0, 0.1) is 0 Å². The lowest BCUT2D eigenvalue weighted by Crippen LogP contribution is -2.68. The van der Waals surface area contributed by atoms with Crippen LogP contribution < -0.4 is 5.32 Å². The summed E-state index contributed by atoms with van der Waals surface area (Å²) in [5.74, 6) is 0. The smallest absolute Gasteiger partial charge is 0.0560 e. The average molecular weight is 286 g/mol. The Kier molecular flexibility index (Phi) is 4.11. The summed E-state index contributed by atoms with van der Waals surface area (Å²) >= 11 is 0. The molecule has 0 bridgehead atoms. The van der Waals surface area contributed by atoms with Gasteiger partial charge in [-0.05, 0) is 38.7 Å². The molecular formula is C19H30N2. The Bertz CT molecular complexity index is 466. The second-order valence-corrected chi connectivity index (χ2v) is 7.47. The lowest BCUT2D eigenvalue weighted by Gasteiger charge is -2.55. The van der Waals surface area contributed by atoms with Crippen LogP contribution in [0.4, 0.5) is 0 Å². The highest BCUT2D eigenvalue weighted by molar-refractivity contribution is 5.26. The highest BCUT2D eigenvalue weighted by Crippen LogP contribution is 2.39. The molecule has 0 amide bonds. The minimum atomic E-state index is 0.130. The molecule has 0 aromatic heterocycles. The van der Waals surface area contributed by atoms with Gasteiger partial charge in [0.25, 0.3) is 0 Å². The first kappa shape index (κ1) is 15.1. The summed E-state index contributed by atoms with van der Waals surface area (Å²) in [6, 6.07) is 11.9. The third-order valence-electron chi connectivity index (χ3n) is 5.95. The van der Waals surface area contributed by atoms with Crippen molar-refractivity contribution in [1.29, 1.82) is 0 Å². The SMILES string of the molecule is CCC1(C)CN(C2CCCC2)C(C)(c2ccccc2)CN1. The van der Waals surface area contributed by atoms with Gasteiger partial charge in [-0.3, -0.25) is 4.90 Å². The monoisotopic (exact) mass is 286 g/mol. The van der Waals surface area contributed by atoms with Crippen LogP contribution in [0.25, 0.3) is 0 Å². The van der Waals surface area contributed by atoms with E-state index in [1.54, 1.807) is 0 Å². The molecule has 2 nitrogen and oxygen atoms in total. The molecule has 21 heavy (non-hydrogen) atoms. The predicted molar refractivity (Wildman–Crippen MR) is 89.5 cm³/mol. The van der Waals surface area contributed by atoms with E-state index >= 15 is 0 Å².